The summed E-state index contributed by atoms with van der Waals surface area (Å²) in [7, 11) is -2.83. The summed E-state index contributed by atoms with van der Waals surface area (Å²) in [5, 5.41) is 0.00394. The Morgan fingerprint density at radius 1 is 1.32 bits per heavy atom. The third-order valence-corrected chi connectivity index (χ3v) is 15.2. The average molecular weight is 314 g/mol. The molecule has 19 heavy (non-hydrogen) atoms. The molecular weight excluding hydrogens is 286 g/mol. The summed E-state index contributed by atoms with van der Waals surface area (Å²) < 4.78 is 2.75. The summed E-state index contributed by atoms with van der Waals surface area (Å²) in [4.78, 5) is 11.9. The average Bonchev–Trinajstić information content (AvgIpc) is 2.48. The van der Waals surface area contributed by atoms with Gasteiger partial charge in [0.1, 0.15) is 16.5 Å². The second-order valence-electron chi connectivity index (χ2n) is 6.82. The van der Waals surface area contributed by atoms with E-state index >= 15 is 0 Å². The maximum absolute atomic E-state index is 11.9. The van der Waals surface area contributed by atoms with Gasteiger partial charge in [-0.25, -0.2) is 0 Å². The molecule has 0 saturated carbocycles. The Morgan fingerprint density at radius 2 is 1.79 bits per heavy atom. The molecule has 5 heteroatoms. The van der Waals surface area contributed by atoms with Gasteiger partial charge in [-0.3, -0.25) is 4.79 Å². The molecule has 1 saturated heterocycles. The zero-order valence-corrected chi connectivity index (χ0v) is 15.8. The van der Waals surface area contributed by atoms with Crippen molar-refractivity contribution in [2.75, 3.05) is 0 Å². The van der Waals surface area contributed by atoms with E-state index in [0.717, 1.165) is 6.42 Å². The molecule has 0 aromatic carbocycles. The zero-order chi connectivity index (χ0) is 14.8. The first-order valence-corrected chi connectivity index (χ1v) is 13.9. The number of carbonyl (C=O) groups is 1. The molecule has 1 heterocycles. The van der Waals surface area contributed by atoms with Gasteiger partial charge >= 0.3 is 0 Å². The standard InChI is InChI=1S/C14H27NOSSi2/c1-7-9-13(12(8-2)14(16)17)15-18(3,4)10-11-19(15,5)6/h1,12-13H,8-11H2,2-6H3,(H,16,17). The monoisotopic (exact) mass is 313 g/mol. The molecule has 0 bridgehead atoms. The minimum absolute atomic E-state index is 0.00394. The van der Waals surface area contributed by atoms with E-state index in [1.165, 1.54) is 12.1 Å². The van der Waals surface area contributed by atoms with Crippen molar-refractivity contribution in [1.82, 2.24) is 4.23 Å². The van der Waals surface area contributed by atoms with Crippen LogP contribution in [0.25, 0.3) is 0 Å². The van der Waals surface area contributed by atoms with Crippen LogP contribution in [0.3, 0.4) is 0 Å². The molecule has 1 rings (SSSR count). The van der Waals surface area contributed by atoms with Gasteiger partial charge in [0.2, 0.25) is 0 Å². The van der Waals surface area contributed by atoms with E-state index in [-0.39, 0.29) is 17.1 Å². The Hall–Kier alpha value is -0.0262. The molecule has 0 amide bonds. The molecule has 2 unspecified atom stereocenters. The minimum Gasteiger partial charge on any atom is -0.341 e. The van der Waals surface area contributed by atoms with Crippen LogP contribution in [-0.4, -0.2) is 31.9 Å². The lowest BCUT2D eigenvalue weighted by atomic mass is 9.97. The largest absolute Gasteiger partial charge is 0.341 e. The lowest BCUT2D eigenvalue weighted by Gasteiger charge is -2.46. The van der Waals surface area contributed by atoms with Crippen molar-refractivity contribution in [1.29, 1.82) is 0 Å². The highest BCUT2D eigenvalue weighted by Gasteiger charge is 2.51. The van der Waals surface area contributed by atoms with Gasteiger partial charge in [0, 0.05) is 18.4 Å². The molecule has 0 aromatic heterocycles. The molecule has 0 spiro atoms. The van der Waals surface area contributed by atoms with Gasteiger partial charge < -0.3 is 4.23 Å². The smallest absolute Gasteiger partial charge is 0.190 e. The first-order valence-electron chi connectivity index (χ1n) is 7.13. The van der Waals surface area contributed by atoms with Crippen molar-refractivity contribution in [2.45, 2.75) is 64.1 Å². The van der Waals surface area contributed by atoms with E-state index in [0.29, 0.717) is 6.42 Å². The lowest BCUT2D eigenvalue weighted by molar-refractivity contribution is -0.115. The third-order valence-electron chi connectivity index (χ3n) is 4.53. The van der Waals surface area contributed by atoms with Crippen molar-refractivity contribution >= 4 is 34.2 Å². The topological polar surface area (TPSA) is 20.3 Å². The number of thiol groups is 1. The fourth-order valence-electron chi connectivity index (χ4n) is 3.72. The van der Waals surface area contributed by atoms with E-state index < -0.39 is 16.5 Å². The fraction of sp³-hybridized carbons (Fsp3) is 0.786. The van der Waals surface area contributed by atoms with Crippen LogP contribution in [0.15, 0.2) is 0 Å². The van der Waals surface area contributed by atoms with Crippen LogP contribution in [0, 0.1) is 18.3 Å². The summed E-state index contributed by atoms with van der Waals surface area (Å²) in [5.74, 6) is 2.79. The van der Waals surface area contributed by atoms with Gasteiger partial charge in [-0.15, -0.1) is 25.0 Å². The molecule has 0 N–H and O–H groups in total. The predicted molar refractivity (Wildman–Crippen MR) is 91.4 cm³/mol. The molecule has 1 aliphatic rings. The van der Waals surface area contributed by atoms with Crippen LogP contribution < -0.4 is 0 Å². The van der Waals surface area contributed by atoms with Crippen molar-refractivity contribution < 1.29 is 4.79 Å². The Morgan fingerprint density at radius 3 is 2.11 bits per heavy atom. The number of hydrogen-bond donors (Lipinski definition) is 1. The second kappa shape index (κ2) is 6.17. The second-order valence-corrected chi connectivity index (χ2v) is 16.9. The molecule has 108 valence electrons. The van der Waals surface area contributed by atoms with Crippen LogP contribution in [0.2, 0.25) is 38.3 Å². The number of hydrogen-bond acceptors (Lipinski definition) is 2. The summed E-state index contributed by atoms with van der Waals surface area (Å²) >= 11 is 4.11. The van der Waals surface area contributed by atoms with Crippen LogP contribution in [0.5, 0.6) is 0 Å². The van der Waals surface area contributed by atoms with E-state index in [2.05, 4.69) is 55.9 Å². The summed E-state index contributed by atoms with van der Waals surface area (Å²) in [6.45, 7) is 11.8. The van der Waals surface area contributed by atoms with Crippen LogP contribution >= 0.6 is 12.6 Å². The Balaban J connectivity index is 3.17. The van der Waals surface area contributed by atoms with Crippen molar-refractivity contribution in [3.05, 3.63) is 0 Å². The number of rotatable bonds is 5. The maximum atomic E-state index is 11.9. The Kier molecular flexibility index (Phi) is 5.53. The molecule has 0 radical (unpaired) electrons. The van der Waals surface area contributed by atoms with E-state index in [1.807, 2.05) is 0 Å². The molecule has 2 nitrogen and oxygen atoms in total. The Bertz CT molecular complexity index is 373. The molecule has 2 atom stereocenters. The highest BCUT2D eigenvalue weighted by molar-refractivity contribution is 7.96. The van der Waals surface area contributed by atoms with E-state index in [9.17, 15) is 4.79 Å². The van der Waals surface area contributed by atoms with Gasteiger partial charge in [0.25, 0.3) is 0 Å². The Labute approximate surface area is 125 Å². The molecule has 0 aliphatic carbocycles. The van der Waals surface area contributed by atoms with E-state index in [4.69, 9.17) is 6.42 Å². The molecule has 1 fully saturated rings. The number of carbonyl (C=O) groups excluding carboxylic acids is 1. The van der Waals surface area contributed by atoms with Crippen molar-refractivity contribution in [3.8, 4) is 12.3 Å². The van der Waals surface area contributed by atoms with Gasteiger partial charge in [-0.2, -0.15) is 0 Å². The fourth-order valence-corrected chi connectivity index (χ4v) is 19.0. The highest BCUT2D eigenvalue weighted by Crippen LogP contribution is 2.41. The summed E-state index contributed by atoms with van der Waals surface area (Å²) in [5.41, 5.74) is 0. The summed E-state index contributed by atoms with van der Waals surface area (Å²) in [6.07, 6.45) is 7.10. The predicted octanol–water partition coefficient (Wildman–Crippen LogP) is 3.59. The quantitative estimate of drug-likeness (QED) is 0.475. The maximum Gasteiger partial charge on any atom is 0.190 e. The summed E-state index contributed by atoms with van der Waals surface area (Å²) in [6, 6.07) is 2.89. The number of terminal acetylenes is 1. The molecular formula is C14H27NOSSi2. The highest BCUT2D eigenvalue weighted by atomic mass is 32.1. The van der Waals surface area contributed by atoms with Gasteiger partial charge in [0.05, 0.1) is 0 Å². The first kappa shape index (κ1) is 17.0. The molecule has 0 aromatic rings. The normalized spacial score (nSPS) is 24.7. The lowest BCUT2D eigenvalue weighted by Crippen LogP contribution is -2.62. The van der Waals surface area contributed by atoms with E-state index in [1.54, 1.807) is 0 Å². The van der Waals surface area contributed by atoms with Gasteiger partial charge in [0.15, 0.2) is 5.12 Å². The van der Waals surface area contributed by atoms with Crippen molar-refractivity contribution in [3.63, 3.8) is 0 Å². The van der Waals surface area contributed by atoms with Gasteiger partial charge in [-0.05, 0) is 18.5 Å². The van der Waals surface area contributed by atoms with Crippen LogP contribution in [-0.2, 0) is 4.79 Å². The van der Waals surface area contributed by atoms with Crippen LogP contribution in [0.1, 0.15) is 19.8 Å². The zero-order valence-electron chi connectivity index (χ0n) is 12.9. The minimum atomic E-state index is -1.42. The van der Waals surface area contributed by atoms with Crippen molar-refractivity contribution in [2.24, 2.45) is 5.92 Å². The number of nitrogens with zero attached hydrogens (tertiary/aromatic N) is 1. The van der Waals surface area contributed by atoms with Gasteiger partial charge in [-0.1, -0.05) is 33.1 Å². The SMILES string of the molecule is C#CCC(C(CC)C(=O)S)N1[Si](C)(C)CC[Si]1(C)C. The first-order chi connectivity index (χ1) is 8.67. The van der Waals surface area contributed by atoms with Crippen LogP contribution in [0.4, 0.5) is 0 Å². The molecule has 1 aliphatic heterocycles. The third kappa shape index (κ3) is 3.54.